The number of ether oxygens (including phenoxy) is 1. The van der Waals surface area contributed by atoms with E-state index < -0.39 is 12.6 Å². The fraction of sp³-hybridized carbons (Fsp3) is 1.00. The molecule has 0 amide bonds. The van der Waals surface area contributed by atoms with Crippen LogP contribution in [0.5, 0.6) is 0 Å². The van der Waals surface area contributed by atoms with Gasteiger partial charge in [-0.05, 0) is 19.8 Å². The first kappa shape index (κ1) is 11.8. The molecule has 1 fully saturated rings. The Balaban J connectivity index is 2.09. The van der Waals surface area contributed by atoms with E-state index in [9.17, 15) is 13.2 Å². The van der Waals surface area contributed by atoms with Crippen LogP contribution in [0.25, 0.3) is 0 Å². The Kier molecular flexibility index (Phi) is 3.78. The third-order valence-corrected chi connectivity index (χ3v) is 2.38. The summed E-state index contributed by atoms with van der Waals surface area (Å²) in [5, 5.41) is 2.78. The Morgan fingerprint density at radius 2 is 2.14 bits per heavy atom. The molecule has 1 N–H and O–H groups in total. The number of rotatable bonds is 4. The van der Waals surface area contributed by atoms with Gasteiger partial charge in [-0.1, -0.05) is 0 Å². The molecule has 0 aromatic carbocycles. The summed E-state index contributed by atoms with van der Waals surface area (Å²) in [6.45, 7) is 3.13. The molecule has 1 atom stereocenters. The number of hydrogen-bond donors (Lipinski definition) is 1. The highest BCUT2D eigenvalue weighted by atomic mass is 19.4. The van der Waals surface area contributed by atoms with E-state index in [1.807, 2.05) is 6.92 Å². The van der Waals surface area contributed by atoms with Crippen LogP contribution < -0.4 is 5.32 Å². The first-order valence-corrected chi connectivity index (χ1v) is 4.83. The molecular weight excluding hydrogens is 195 g/mol. The average Bonchev–Trinajstić information content (AvgIpc) is 2.45. The minimum absolute atomic E-state index is 0.0253. The largest absolute Gasteiger partial charge is 0.390 e. The number of nitrogens with one attached hydrogen (secondary N) is 1. The molecule has 0 aliphatic carbocycles. The maximum absolute atomic E-state index is 11.8. The van der Waals surface area contributed by atoms with E-state index in [1.54, 1.807) is 0 Å². The predicted molar refractivity (Wildman–Crippen MR) is 47.1 cm³/mol. The molecule has 2 nitrogen and oxygen atoms in total. The molecule has 14 heavy (non-hydrogen) atoms. The summed E-state index contributed by atoms with van der Waals surface area (Å²) in [7, 11) is 0. The van der Waals surface area contributed by atoms with Crippen LogP contribution >= 0.6 is 0 Å². The normalized spacial score (nSPS) is 28.3. The molecule has 1 heterocycles. The van der Waals surface area contributed by atoms with Gasteiger partial charge in [0.25, 0.3) is 0 Å². The molecule has 0 aromatic heterocycles. The monoisotopic (exact) mass is 211 g/mol. The first-order chi connectivity index (χ1) is 6.41. The van der Waals surface area contributed by atoms with Crippen LogP contribution in [0.15, 0.2) is 0 Å². The fourth-order valence-corrected chi connectivity index (χ4v) is 1.56. The molecule has 84 valence electrons. The van der Waals surface area contributed by atoms with E-state index in [4.69, 9.17) is 4.74 Å². The van der Waals surface area contributed by atoms with E-state index in [2.05, 4.69) is 5.32 Å². The van der Waals surface area contributed by atoms with Crippen molar-refractivity contribution >= 4 is 0 Å². The molecule has 0 saturated carbocycles. The minimum atomic E-state index is -4.07. The summed E-state index contributed by atoms with van der Waals surface area (Å²) in [5.74, 6) is 0. The second-order valence-corrected chi connectivity index (χ2v) is 3.94. The van der Waals surface area contributed by atoms with Gasteiger partial charge in [-0.15, -0.1) is 0 Å². The van der Waals surface area contributed by atoms with Crippen molar-refractivity contribution < 1.29 is 17.9 Å². The molecular formula is C9H16F3NO. The summed E-state index contributed by atoms with van der Waals surface area (Å²) in [4.78, 5) is 0. The van der Waals surface area contributed by atoms with Gasteiger partial charge in [0.15, 0.2) is 0 Å². The molecule has 1 aliphatic heterocycles. The lowest BCUT2D eigenvalue weighted by Gasteiger charge is -2.23. The van der Waals surface area contributed by atoms with Crippen LogP contribution in [-0.2, 0) is 4.74 Å². The highest BCUT2D eigenvalue weighted by molar-refractivity contribution is 4.82. The van der Waals surface area contributed by atoms with Crippen LogP contribution in [0.4, 0.5) is 13.2 Å². The Morgan fingerprint density at radius 3 is 2.64 bits per heavy atom. The topological polar surface area (TPSA) is 21.3 Å². The molecule has 1 unspecified atom stereocenters. The molecule has 1 saturated heterocycles. The van der Waals surface area contributed by atoms with Gasteiger partial charge < -0.3 is 10.1 Å². The summed E-state index contributed by atoms with van der Waals surface area (Å²) in [5.41, 5.74) is -0.258. The predicted octanol–water partition coefficient (Wildman–Crippen LogP) is 2.10. The zero-order chi connectivity index (χ0) is 10.7. The van der Waals surface area contributed by atoms with Crippen LogP contribution in [0.3, 0.4) is 0 Å². The molecule has 0 aromatic rings. The van der Waals surface area contributed by atoms with Crippen molar-refractivity contribution in [2.24, 2.45) is 0 Å². The van der Waals surface area contributed by atoms with Gasteiger partial charge in [0.2, 0.25) is 0 Å². The second-order valence-electron chi connectivity index (χ2n) is 3.94. The van der Waals surface area contributed by atoms with Crippen LogP contribution in [0.1, 0.15) is 26.2 Å². The van der Waals surface area contributed by atoms with Gasteiger partial charge in [-0.3, -0.25) is 0 Å². The van der Waals surface area contributed by atoms with Crippen LogP contribution in [-0.4, -0.2) is 31.5 Å². The summed E-state index contributed by atoms with van der Waals surface area (Å²) < 4.78 is 40.8. The van der Waals surface area contributed by atoms with Crippen molar-refractivity contribution in [3.63, 3.8) is 0 Å². The number of alkyl halides is 3. The van der Waals surface area contributed by atoms with E-state index >= 15 is 0 Å². The minimum Gasteiger partial charge on any atom is -0.374 e. The molecule has 1 rings (SSSR count). The third-order valence-electron chi connectivity index (χ3n) is 2.38. The smallest absolute Gasteiger partial charge is 0.374 e. The van der Waals surface area contributed by atoms with Gasteiger partial charge in [0.1, 0.15) is 0 Å². The summed E-state index contributed by atoms with van der Waals surface area (Å²) in [6, 6.07) is 0. The maximum Gasteiger partial charge on any atom is 0.390 e. The highest BCUT2D eigenvalue weighted by Gasteiger charge is 2.30. The van der Waals surface area contributed by atoms with Crippen LogP contribution in [0, 0.1) is 0 Å². The van der Waals surface area contributed by atoms with Crippen molar-refractivity contribution in [2.45, 2.75) is 38.0 Å². The van der Waals surface area contributed by atoms with Crippen molar-refractivity contribution in [2.75, 3.05) is 19.7 Å². The number of hydrogen-bond acceptors (Lipinski definition) is 2. The first-order valence-electron chi connectivity index (χ1n) is 4.83. The standard InChI is InChI=1S/C9H16F3NO/c1-8(3-2-6-14-8)7-13-5-4-9(10,11)12/h13H,2-7H2,1H3. The molecule has 0 spiro atoms. The third kappa shape index (κ3) is 4.28. The lowest BCUT2D eigenvalue weighted by molar-refractivity contribution is -0.133. The maximum atomic E-state index is 11.8. The Labute approximate surface area is 81.8 Å². The molecule has 0 radical (unpaired) electrons. The Morgan fingerprint density at radius 1 is 1.43 bits per heavy atom. The van der Waals surface area contributed by atoms with Gasteiger partial charge in [0, 0.05) is 19.7 Å². The fourth-order valence-electron chi connectivity index (χ4n) is 1.56. The highest BCUT2D eigenvalue weighted by Crippen LogP contribution is 2.24. The SMILES string of the molecule is CC1(CNCCC(F)(F)F)CCCO1. The van der Waals surface area contributed by atoms with Gasteiger partial charge in [-0.25, -0.2) is 0 Å². The Hall–Kier alpha value is -0.290. The average molecular weight is 211 g/mol. The van der Waals surface area contributed by atoms with Crippen molar-refractivity contribution in [1.82, 2.24) is 5.32 Å². The van der Waals surface area contributed by atoms with Gasteiger partial charge >= 0.3 is 6.18 Å². The quantitative estimate of drug-likeness (QED) is 0.719. The zero-order valence-corrected chi connectivity index (χ0v) is 8.28. The van der Waals surface area contributed by atoms with E-state index in [-0.39, 0.29) is 12.1 Å². The van der Waals surface area contributed by atoms with Crippen LogP contribution in [0.2, 0.25) is 0 Å². The van der Waals surface area contributed by atoms with E-state index in [0.717, 1.165) is 19.4 Å². The summed E-state index contributed by atoms with van der Waals surface area (Å²) >= 11 is 0. The Bertz CT molecular complexity index is 175. The zero-order valence-electron chi connectivity index (χ0n) is 8.28. The second kappa shape index (κ2) is 4.49. The van der Waals surface area contributed by atoms with Crippen molar-refractivity contribution in [3.8, 4) is 0 Å². The number of halogens is 3. The lowest BCUT2D eigenvalue weighted by atomic mass is 10.0. The molecule has 0 bridgehead atoms. The van der Waals surface area contributed by atoms with Gasteiger partial charge in [-0.2, -0.15) is 13.2 Å². The van der Waals surface area contributed by atoms with Crippen molar-refractivity contribution in [3.05, 3.63) is 0 Å². The van der Waals surface area contributed by atoms with E-state index in [0.29, 0.717) is 6.54 Å². The van der Waals surface area contributed by atoms with Gasteiger partial charge in [0.05, 0.1) is 12.0 Å². The van der Waals surface area contributed by atoms with E-state index in [1.165, 1.54) is 0 Å². The van der Waals surface area contributed by atoms with Crippen molar-refractivity contribution in [1.29, 1.82) is 0 Å². The lowest BCUT2D eigenvalue weighted by Crippen LogP contribution is -2.38. The molecule has 5 heteroatoms. The summed E-state index contributed by atoms with van der Waals surface area (Å²) in [6.07, 6.45) is -2.92. The molecule has 1 aliphatic rings.